The van der Waals surface area contributed by atoms with E-state index in [9.17, 15) is 13.2 Å². The molecule has 1 atom stereocenters. The first-order valence-electron chi connectivity index (χ1n) is 10.9. The van der Waals surface area contributed by atoms with Gasteiger partial charge in [-0.3, -0.25) is 4.79 Å². The molecule has 3 aromatic rings. The van der Waals surface area contributed by atoms with Crippen molar-refractivity contribution < 1.29 is 17.9 Å². The van der Waals surface area contributed by atoms with E-state index in [0.29, 0.717) is 23.6 Å². The van der Waals surface area contributed by atoms with Gasteiger partial charge in [0.25, 0.3) is 0 Å². The van der Waals surface area contributed by atoms with E-state index in [1.807, 2.05) is 69.3 Å². The molecule has 33 heavy (non-hydrogen) atoms. The highest BCUT2D eigenvalue weighted by Gasteiger charge is 2.27. The lowest BCUT2D eigenvalue weighted by molar-refractivity contribution is -0.117. The van der Waals surface area contributed by atoms with Crippen molar-refractivity contribution in [1.29, 1.82) is 0 Å². The van der Waals surface area contributed by atoms with E-state index in [-0.39, 0.29) is 11.3 Å². The van der Waals surface area contributed by atoms with Crippen molar-refractivity contribution in [3.8, 4) is 5.75 Å². The van der Waals surface area contributed by atoms with Crippen molar-refractivity contribution in [3.63, 3.8) is 0 Å². The summed E-state index contributed by atoms with van der Waals surface area (Å²) in [6, 6.07) is 18.7. The van der Waals surface area contributed by atoms with Crippen LogP contribution >= 0.6 is 0 Å². The van der Waals surface area contributed by atoms with Gasteiger partial charge in [-0.15, -0.1) is 0 Å². The lowest BCUT2D eigenvalue weighted by atomic mass is 10.1. The van der Waals surface area contributed by atoms with Crippen LogP contribution in [0, 0.1) is 20.8 Å². The van der Waals surface area contributed by atoms with Crippen LogP contribution in [0.25, 0.3) is 0 Å². The normalized spacial score (nSPS) is 12.2. The van der Waals surface area contributed by atoms with E-state index >= 15 is 0 Å². The standard InChI is InChI=1S/C26H30N2O4S/c1-5-32-25-12-11-23(16-20(25)4)33(30,31)28-24(17-21-9-7-6-8-10-21)26(29)27-22-14-18(2)13-19(3)15-22/h6-16,24,28H,5,17H2,1-4H3,(H,27,29)/t24-/m0/s1. The highest BCUT2D eigenvalue weighted by atomic mass is 32.2. The Balaban J connectivity index is 1.88. The minimum Gasteiger partial charge on any atom is -0.494 e. The van der Waals surface area contributed by atoms with E-state index in [1.54, 1.807) is 19.1 Å². The van der Waals surface area contributed by atoms with Gasteiger partial charge in [-0.05, 0) is 86.7 Å². The fourth-order valence-electron chi connectivity index (χ4n) is 3.68. The number of rotatable bonds is 9. The molecule has 0 unspecified atom stereocenters. The van der Waals surface area contributed by atoms with Gasteiger partial charge in [0.05, 0.1) is 11.5 Å². The zero-order valence-electron chi connectivity index (χ0n) is 19.4. The van der Waals surface area contributed by atoms with Gasteiger partial charge in [0.2, 0.25) is 15.9 Å². The maximum Gasteiger partial charge on any atom is 0.242 e. The fourth-order valence-corrected chi connectivity index (χ4v) is 4.96. The number of anilines is 1. The average Bonchev–Trinajstić information content (AvgIpc) is 2.74. The molecule has 6 nitrogen and oxygen atoms in total. The summed E-state index contributed by atoms with van der Waals surface area (Å²) in [5, 5.41) is 2.87. The lowest BCUT2D eigenvalue weighted by Crippen LogP contribution is -2.45. The number of sulfonamides is 1. The van der Waals surface area contributed by atoms with Crippen molar-refractivity contribution in [3.05, 3.63) is 89.0 Å². The van der Waals surface area contributed by atoms with E-state index < -0.39 is 22.0 Å². The summed E-state index contributed by atoms with van der Waals surface area (Å²) in [4.78, 5) is 13.3. The van der Waals surface area contributed by atoms with Gasteiger partial charge in [0.15, 0.2) is 0 Å². The van der Waals surface area contributed by atoms with Crippen molar-refractivity contribution >= 4 is 21.6 Å². The Bertz CT molecular complexity index is 1200. The summed E-state index contributed by atoms with van der Waals surface area (Å²) in [5.41, 5.74) is 4.21. The molecule has 0 heterocycles. The number of aryl methyl sites for hydroxylation is 3. The maximum atomic E-state index is 13.2. The number of carbonyl (C=O) groups is 1. The van der Waals surface area contributed by atoms with Crippen molar-refractivity contribution in [1.82, 2.24) is 4.72 Å². The molecule has 0 saturated heterocycles. The second-order valence-electron chi connectivity index (χ2n) is 8.09. The van der Waals surface area contributed by atoms with Crippen LogP contribution in [0.1, 0.15) is 29.2 Å². The number of ether oxygens (including phenoxy) is 1. The van der Waals surface area contributed by atoms with E-state index in [2.05, 4.69) is 10.0 Å². The van der Waals surface area contributed by atoms with Crippen LogP contribution in [0.3, 0.4) is 0 Å². The number of benzene rings is 3. The minimum absolute atomic E-state index is 0.0840. The molecule has 0 aliphatic carbocycles. The van der Waals surface area contributed by atoms with E-state index in [1.165, 1.54) is 6.07 Å². The highest BCUT2D eigenvalue weighted by molar-refractivity contribution is 7.89. The molecule has 0 saturated carbocycles. The third-order valence-electron chi connectivity index (χ3n) is 5.14. The first kappa shape index (κ1) is 24.5. The Kier molecular flexibility index (Phi) is 7.89. The first-order chi connectivity index (χ1) is 15.7. The number of hydrogen-bond donors (Lipinski definition) is 2. The zero-order valence-corrected chi connectivity index (χ0v) is 20.2. The molecule has 3 rings (SSSR count). The van der Waals surface area contributed by atoms with Crippen LogP contribution in [0.5, 0.6) is 5.75 Å². The summed E-state index contributed by atoms with van der Waals surface area (Å²) in [6.45, 7) is 8.04. The van der Waals surface area contributed by atoms with Crippen LogP contribution in [0.2, 0.25) is 0 Å². The Morgan fingerprint density at radius 3 is 2.21 bits per heavy atom. The quantitative estimate of drug-likeness (QED) is 0.485. The number of hydrogen-bond acceptors (Lipinski definition) is 4. The van der Waals surface area contributed by atoms with Crippen LogP contribution in [0.4, 0.5) is 5.69 Å². The topological polar surface area (TPSA) is 84.5 Å². The van der Waals surface area contributed by atoms with Crippen molar-refractivity contribution in [2.75, 3.05) is 11.9 Å². The summed E-state index contributed by atoms with van der Waals surface area (Å²) in [6.07, 6.45) is 0.215. The fraction of sp³-hybridized carbons (Fsp3) is 0.269. The van der Waals surface area contributed by atoms with Gasteiger partial charge < -0.3 is 10.1 Å². The summed E-state index contributed by atoms with van der Waals surface area (Å²) < 4.78 is 34.5. The molecule has 0 radical (unpaired) electrons. The van der Waals surface area contributed by atoms with Gasteiger partial charge in [-0.1, -0.05) is 36.4 Å². The molecular formula is C26H30N2O4S. The van der Waals surface area contributed by atoms with Gasteiger partial charge in [0.1, 0.15) is 11.8 Å². The second kappa shape index (κ2) is 10.6. The molecule has 0 bridgehead atoms. The van der Waals surface area contributed by atoms with Gasteiger partial charge in [-0.2, -0.15) is 4.72 Å². The zero-order chi connectivity index (χ0) is 24.0. The molecular weight excluding hydrogens is 436 g/mol. The Morgan fingerprint density at radius 2 is 1.61 bits per heavy atom. The summed E-state index contributed by atoms with van der Waals surface area (Å²) in [7, 11) is -3.95. The van der Waals surface area contributed by atoms with Crippen LogP contribution in [0.15, 0.2) is 71.6 Å². The summed E-state index contributed by atoms with van der Waals surface area (Å²) >= 11 is 0. The average molecular weight is 467 g/mol. The molecule has 0 aromatic heterocycles. The largest absolute Gasteiger partial charge is 0.494 e. The van der Waals surface area contributed by atoms with Gasteiger partial charge >= 0.3 is 0 Å². The smallest absolute Gasteiger partial charge is 0.242 e. The van der Waals surface area contributed by atoms with Crippen molar-refractivity contribution in [2.45, 2.75) is 45.1 Å². The predicted octanol–water partition coefficient (Wildman–Crippen LogP) is 4.54. The van der Waals surface area contributed by atoms with Gasteiger partial charge in [-0.25, -0.2) is 8.42 Å². The van der Waals surface area contributed by atoms with Gasteiger partial charge in [0, 0.05) is 5.69 Å². The SMILES string of the molecule is CCOc1ccc(S(=O)(=O)N[C@@H](Cc2ccccc2)C(=O)Nc2cc(C)cc(C)c2)cc1C. The molecule has 0 fully saturated rings. The van der Waals surface area contributed by atoms with E-state index in [4.69, 9.17) is 4.74 Å². The first-order valence-corrected chi connectivity index (χ1v) is 12.3. The number of nitrogens with one attached hydrogen (secondary N) is 2. The molecule has 0 spiro atoms. The Morgan fingerprint density at radius 1 is 0.939 bits per heavy atom. The van der Waals surface area contributed by atoms with Crippen molar-refractivity contribution in [2.24, 2.45) is 0 Å². The number of carbonyl (C=O) groups excluding carboxylic acids is 1. The lowest BCUT2D eigenvalue weighted by Gasteiger charge is -2.20. The molecule has 7 heteroatoms. The van der Waals surface area contributed by atoms with Crippen LogP contribution < -0.4 is 14.8 Å². The van der Waals surface area contributed by atoms with E-state index in [0.717, 1.165) is 16.7 Å². The third-order valence-corrected chi connectivity index (χ3v) is 6.61. The highest BCUT2D eigenvalue weighted by Crippen LogP contribution is 2.22. The van der Waals surface area contributed by atoms with Crippen LogP contribution in [-0.2, 0) is 21.2 Å². The summed E-state index contributed by atoms with van der Waals surface area (Å²) in [5.74, 6) is 0.208. The molecule has 2 N–H and O–H groups in total. The Labute approximate surface area is 196 Å². The third kappa shape index (κ3) is 6.66. The Hall–Kier alpha value is -3.16. The molecule has 0 aliphatic heterocycles. The number of amides is 1. The minimum atomic E-state index is -3.95. The molecule has 0 aliphatic rings. The maximum absolute atomic E-state index is 13.2. The van der Waals surface area contributed by atoms with Crippen LogP contribution in [-0.4, -0.2) is 27.0 Å². The monoisotopic (exact) mass is 466 g/mol. The molecule has 1 amide bonds. The molecule has 174 valence electrons. The second-order valence-corrected chi connectivity index (χ2v) is 9.80. The molecule has 3 aromatic carbocycles. The predicted molar refractivity (Wildman–Crippen MR) is 131 cm³/mol.